The minimum Gasteiger partial charge on any atom is -0.464 e. The molecular formula is C10H10N2O3S. The topological polar surface area (TPSA) is 78.3 Å². The molecule has 0 saturated carbocycles. The first-order valence-electron chi connectivity index (χ1n) is 4.53. The third-order valence-electron chi connectivity index (χ3n) is 1.99. The Kier molecular flexibility index (Phi) is 2.66. The van der Waals surface area contributed by atoms with Gasteiger partial charge in [0, 0.05) is 0 Å². The highest BCUT2D eigenvalue weighted by Gasteiger charge is 2.21. The molecule has 16 heavy (non-hydrogen) atoms. The molecule has 6 heteroatoms. The van der Waals surface area contributed by atoms with Crippen molar-refractivity contribution in [2.75, 3.05) is 12.8 Å². The molecule has 0 aliphatic heterocycles. The molecule has 0 radical (unpaired) electrons. The number of esters is 1. The van der Waals surface area contributed by atoms with Crippen LogP contribution in [0.4, 0.5) is 5.13 Å². The molecular weight excluding hydrogens is 228 g/mol. The minimum absolute atomic E-state index is 0.194. The zero-order valence-electron chi connectivity index (χ0n) is 8.81. The number of hydrogen-bond donors (Lipinski definition) is 1. The van der Waals surface area contributed by atoms with Gasteiger partial charge in [-0.3, -0.25) is 0 Å². The second-order valence-electron chi connectivity index (χ2n) is 3.13. The van der Waals surface area contributed by atoms with Gasteiger partial charge in [0.2, 0.25) is 0 Å². The van der Waals surface area contributed by atoms with Crippen LogP contribution in [-0.2, 0) is 4.74 Å². The summed E-state index contributed by atoms with van der Waals surface area (Å²) in [5.74, 6) is 0.821. The van der Waals surface area contributed by atoms with Crippen LogP contribution in [0.5, 0.6) is 0 Å². The average Bonchev–Trinajstić information content (AvgIpc) is 2.83. The maximum atomic E-state index is 11.5. The molecule has 0 aliphatic rings. The molecule has 2 heterocycles. The van der Waals surface area contributed by atoms with Gasteiger partial charge in [0.15, 0.2) is 10.8 Å². The number of carbonyl (C=O) groups excluding carboxylic acids is 1. The van der Waals surface area contributed by atoms with Crippen LogP contribution < -0.4 is 5.73 Å². The summed E-state index contributed by atoms with van der Waals surface area (Å²) in [6.45, 7) is 1.83. The van der Waals surface area contributed by atoms with E-state index in [-0.39, 0.29) is 5.69 Å². The fourth-order valence-electron chi connectivity index (χ4n) is 1.30. The van der Waals surface area contributed by atoms with Crippen molar-refractivity contribution in [2.24, 2.45) is 0 Å². The van der Waals surface area contributed by atoms with Gasteiger partial charge in [-0.15, -0.1) is 0 Å². The Hall–Kier alpha value is -1.82. The summed E-state index contributed by atoms with van der Waals surface area (Å²) in [6.07, 6.45) is 0. The monoisotopic (exact) mass is 238 g/mol. The van der Waals surface area contributed by atoms with Crippen LogP contribution >= 0.6 is 11.3 Å². The third-order valence-corrected chi connectivity index (χ3v) is 2.89. The number of rotatable bonds is 2. The van der Waals surface area contributed by atoms with E-state index in [1.54, 1.807) is 6.07 Å². The van der Waals surface area contributed by atoms with E-state index in [1.807, 2.05) is 13.0 Å². The standard InChI is InChI=1S/C10H10N2O3S/c1-5-3-4-6(15-5)8-7(9(13)14-2)12-10(11)16-8/h3-4H,1-2H3,(H2,11,12). The van der Waals surface area contributed by atoms with Crippen molar-refractivity contribution in [3.8, 4) is 10.6 Å². The number of anilines is 1. The summed E-state index contributed by atoms with van der Waals surface area (Å²) in [4.78, 5) is 16.0. The van der Waals surface area contributed by atoms with Gasteiger partial charge in [-0.2, -0.15) is 0 Å². The Bertz CT molecular complexity index is 530. The smallest absolute Gasteiger partial charge is 0.358 e. The predicted octanol–water partition coefficient (Wildman–Crippen LogP) is 2.08. The summed E-state index contributed by atoms with van der Waals surface area (Å²) < 4.78 is 10.1. The molecule has 0 unspecified atom stereocenters. The van der Waals surface area contributed by atoms with Gasteiger partial charge in [0.05, 0.1) is 7.11 Å². The predicted molar refractivity (Wildman–Crippen MR) is 60.3 cm³/mol. The molecule has 0 atom stereocenters. The number of hydrogen-bond acceptors (Lipinski definition) is 6. The maximum Gasteiger partial charge on any atom is 0.358 e. The highest BCUT2D eigenvalue weighted by Crippen LogP contribution is 2.33. The number of nitrogens with zero attached hydrogens (tertiary/aromatic N) is 1. The van der Waals surface area contributed by atoms with E-state index in [2.05, 4.69) is 9.72 Å². The van der Waals surface area contributed by atoms with E-state index in [4.69, 9.17) is 10.2 Å². The molecule has 0 bridgehead atoms. The van der Waals surface area contributed by atoms with Crippen molar-refractivity contribution in [2.45, 2.75) is 6.92 Å². The first kappa shape index (κ1) is 10.7. The van der Waals surface area contributed by atoms with E-state index in [1.165, 1.54) is 18.4 Å². The Morgan fingerprint density at radius 3 is 2.88 bits per heavy atom. The van der Waals surface area contributed by atoms with Crippen molar-refractivity contribution >= 4 is 22.4 Å². The van der Waals surface area contributed by atoms with Crippen LogP contribution in [0.3, 0.4) is 0 Å². The molecule has 0 aromatic carbocycles. The summed E-state index contributed by atoms with van der Waals surface area (Å²) in [7, 11) is 1.30. The Morgan fingerprint density at radius 1 is 1.56 bits per heavy atom. The molecule has 0 saturated heterocycles. The van der Waals surface area contributed by atoms with Crippen LogP contribution in [0, 0.1) is 6.92 Å². The number of aromatic nitrogens is 1. The zero-order chi connectivity index (χ0) is 11.7. The van der Waals surface area contributed by atoms with Gasteiger partial charge in [-0.25, -0.2) is 9.78 Å². The molecule has 0 amide bonds. The van der Waals surface area contributed by atoms with Crippen LogP contribution in [0.15, 0.2) is 16.5 Å². The first-order chi connectivity index (χ1) is 7.61. The van der Waals surface area contributed by atoms with Gasteiger partial charge in [-0.05, 0) is 19.1 Å². The van der Waals surface area contributed by atoms with E-state index in [0.29, 0.717) is 15.8 Å². The lowest BCUT2D eigenvalue weighted by Crippen LogP contribution is -2.03. The normalized spacial score (nSPS) is 10.4. The molecule has 2 rings (SSSR count). The van der Waals surface area contributed by atoms with Crippen LogP contribution in [0.2, 0.25) is 0 Å². The van der Waals surface area contributed by atoms with Crippen LogP contribution in [0.1, 0.15) is 16.2 Å². The quantitative estimate of drug-likeness (QED) is 0.810. The number of methoxy groups -OCH3 is 1. The fourth-order valence-corrected chi connectivity index (χ4v) is 2.08. The Balaban J connectivity index is 2.52. The molecule has 2 aromatic rings. The largest absolute Gasteiger partial charge is 0.464 e. The summed E-state index contributed by atoms with van der Waals surface area (Å²) in [5.41, 5.74) is 5.77. The lowest BCUT2D eigenvalue weighted by Gasteiger charge is -1.96. The number of nitrogen functional groups attached to an aromatic ring is 1. The second-order valence-corrected chi connectivity index (χ2v) is 4.16. The lowest BCUT2D eigenvalue weighted by atomic mass is 10.3. The molecule has 0 fully saturated rings. The number of carbonyl (C=O) groups is 1. The lowest BCUT2D eigenvalue weighted by molar-refractivity contribution is 0.0595. The van der Waals surface area contributed by atoms with Gasteiger partial charge in [0.25, 0.3) is 0 Å². The Morgan fingerprint density at radius 2 is 2.31 bits per heavy atom. The van der Waals surface area contributed by atoms with Crippen molar-refractivity contribution in [3.63, 3.8) is 0 Å². The molecule has 0 aliphatic carbocycles. The highest BCUT2D eigenvalue weighted by molar-refractivity contribution is 7.19. The fraction of sp³-hybridized carbons (Fsp3) is 0.200. The number of furan rings is 1. The number of aryl methyl sites for hydroxylation is 1. The minimum atomic E-state index is -0.517. The summed E-state index contributed by atoms with van der Waals surface area (Å²) in [6, 6.07) is 3.58. The number of thiazole rings is 1. The van der Waals surface area contributed by atoms with E-state index >= 15 is 0 Å². The Labute approximate surface area is 95.9 Å². The second kappa shape index (κ2) is 3.97. The zero-order valence-corrected chi connectivity index (χ0v) is 9.63. The molecule has 2 aromatic heterocycles. The SMILES string of the molecule is COC(=O)c1nc(N)sc1-c1ccc(C)o1. The van der Waals surface area contributed by atoms with E-state index in [9.17, 15) is 4.79 Å². The van der Waals surface area contributed by atoms with Crippen LogP contribution in [0.25, 0.3) is 10.6 Å². The molecule has 5 nitrogen and oxygen atoms in total. The molecule has 84 valence electrons. The maximum absolute atomic E-state index is 11.5. The highest BCUT2D eigenvalue weighted by atomic mass is 32.1. The van der Waals surface area contributed by atoms with Crippen molar-refractivity contribution < 1.29 is 13.9 Å². The number of ether oxygens (including phenoxy) is 1. The van der Waals surface area contributed by atoms with Crippen molar-refractivity contribution in [1.29, 1.82) is 0 Å². The number of nitrogens with two attached hydrogens (primary N) is 1. The summed E-state index contributed by atoms with van der Waals surface area (Å²) in [5, 5.41) is 0.310. The van der Waals surface area contributed by atoms with Gasteiger partial charge >= 0.3 is 5.97 Å². The molecule has 0 spiro atoms. The summed E-state index contributed by atoms with van der Waals surface area (Å²) >= 11 is 1.20. The van der Waals surface area contributed by atoms with E-state index < -0.39 is 5.97 Å². The van der Waals surface area contributed by atoms with Crippen molar-refractivity contribution in [3.05, 3.63) is 23.6 Å². The van der Waals surface area contributed by atoms with Crippen molar-refractivity contribution in [1.82, 2.24) is 4.98 Å². The van der Waals surface area contributed by atoms with Crippen LogP contribution in [-0.4, -0.2) is 18.1 Å². The van der Waals surface area contributed by atoms with Gasteiger partial charge in [-0.1, -0.05) is 11.3 Å². The van der Waals surface area contributed by atoms with E-state index in [0.717, 1.165) is 5.76 Å². The molecule has 2 N–H and O–H groups in total. The first-order valence-corrected chi connectivity index (χ1v) is 5.35. The van der Waals surface area contributed by atoms with Gasteiger partial charge < -0.3 is 14.9 Å². The van der Waals surface area contributed by atoms with Gasteiger partial charge in [0.1, 0.15) is 16.4 Å². The third kappa shape index (κ3) is 1.79. The average molecular weight is 238 g/mol.